The minimum Gasteiger partial charge on any atom is -0.465 e. The third kappa shape index (κ3) is 4.30. The second-order valence-electron chi connectivity index (χ2n) is 7.56. The van der Waals surface area contributed by atoms with Crippen LogP contribution in [0.2, 0.25) is 0 Å². The van der Waals surface area contributed by atoms with Crippen LogP contribution in [0.3, 0.4) is 0 Å². The standard InChI is InChI=1S/C20H24N2O4S/c1-12-10-13(18(23)25-5)6-7-14(12)17-21-15-8-9-22(11-16(15)27-17)19(24)26-20(2,3)4/h6-7,10H,8-9,11H2,1-5H3. The summed E-state index contributed by atoms with van der Waals surface area (Å²) in [6, 6.07) is 5.47. The lowest BCUT2D eigenvalue weighted by molar-refractivity contribution is 0.0225. The van der Waals surface area contributed by atoms with Gasteiger partial charge in [0, 0.05) is 23.4 Å². The number of rotatable bonds is 2. The average Bonchev–Trinajstić information content (AvgIpc) is 3.02. The van der Waals surface area contributed by atoms with Crippen LogP contribution in [-0.2, 0) is 22.4 Å². The summed E-state index contributed by atoms with van der Waals surface area (Å²) in [7, 11) is 1.37. The van der Waals surface area contributed by atoms with Crippen LogP contribution in [0, 0.1) is 6.92 Å². The lowest BCUT2D eigenvalue weighted by atomic mass is 10.1. The molecule has 1 amide bonds. The van der Waals surface area contributed by atoms with E-state index >= 15 is 0 Å². The Morgan fingerprint density at radius 2 is 2.00 bits per heavy atom. The summed E-state index contributed by atoms with van der Waals surface area (Å²) in [6.45, 7) is 8.67. The van der Waals surface area contributed by atoms with Gasteiger partial charge in [0.1, 0.15) is 10.6 Å². The zero-order valence-corrected chi connectivity index (χ0v) is 17.1. The van der Waals surface area contributed by atoms with Crippen molar-refractivity contribution in [1.82, 2.24) is 9.88 Å². The molecule has 0 fully saturated rings. The Balaban J connectivity index is 1.81. The van der Waals surface area contributed by atoms with Gasteiger partial charge in [0.2, 0.25) is 0 Å². The maximum Gasteiger partial charge on any atom is 0.410 e. The molecule has 2 heterocycles. The van der Waals surface area contributed by atoms with Gasteiger partial charge >= 0.3 is 12.1 Å². The number of fused-ring (bicyclic) bond motifs is 1. The molecular weight excluding hydrogens is 364 g/mol. The fraction of sp³-hybridized carbons (Fsp3) is 0.450. The number of aryl methyl sites for hydroxylation is 1. The van der Waals surface area contributed by atoms with E-state index in [4.69, 9.17) is 14.5 Å². The maximum atomic E-state index is 12.3. The van der Waals surface area contributed by atoms with Crippen LogP contribution in [0.1, 0.15) is 47.3 Å². The molecule has 0 spiro atoms. The smallest absolute Gasteiger partial charge is 0.410 e. The molecule has 27 heavy (non-hydrogen) atoms. The van der Waals surface area contributed by atoms with Crippen molar-refractivity contribution in [3.63, 3.8) is 0 Å². The highest BCUT2D eigenvalue weighted by Crippen LogP contribution is 2.34. The molecule has 6 nitrogen and oxygen atoms in total. The summed E-state index contributed by atoms with van der Waals surface area (Å²) in [5.74, 6) is -0.351. The summed E-state index contributed by atoms with van der Waals surface area (Å²) < 4.78 is 10.2. The third-order valence-electron chi connectivity index (χ3n) is 4.26. The molecule has 1 aromatic heterocycles. The van der Waals surface area contributed by atoms with Gasteiger partial charge in [-0.25, -0.2) is 14.6 Å². The highest BCUT2D eigenvalue weighted by molar-refractivity contribution is 7.15. The van der Waals surface area contributed by atoms with Gasteiger partial charge in [-0.3, -0.25) is 0 Å². The Labute approximate surface area is 163 Å². The first kappa shape index (κ1) is 19.4. The highest BCUT2D eigenvalue weighted by atomic mass is 32.1. The Kier molecular flexibility index (Phi) is 5.24. The number of ether oxygens (including phenoxy) is 2. The van der Waals surface area contributed by atoms with Gasteiger partial charge in [-0.1, -0.05) is 6.07 Å². The Morgan fingerprint density at radius 1 is 1.26 bits per heavy atom. The van der Waals surface area contributed by atoms with Crippen LogP contribution in [0.15, 0.2) is 18.2 Å². The third-order valence-corrected chi connectivity index (χ3v) is 5.38. The van der Waals surface area contributed by atoms with E-state index in [9.17, 15) is 9.59 Å². The average molecular weight is 388 g/mol. The van der Waals surface area contributed by atoms with Gasteiger partial charge in [-0.2, -0.15) is 0 Å². The predicted molar refractivity (Wildman–Crippen MR) is 104 cm³/mol. The van der Waals surface area contributed by atoms with Crippen molar-refractivity contribution in [2.75, 3.05) is 13.7 Å². The molecule has 0 bridgehead atoms. The first-order valence-corrected chi connectivity index (χ1v) is 9.65. The monoisotopic (exact) mass is 388 g/mol. The number of thiazole rings is 1. The minimum atomic E-state index is -0.505. The number of nitrogens with zero attached hydrogens (tertiary/aromatic N) is 2. The van der Waals surface area contributed by atoms with Gasteiger partial charge in [-0.15, -0.1) is 11.3 Å². The normalized spacial score (nSPS) is 13.9. The van der Waals surface area contributed by atoms with E-state index in [1.54, 1.807) is 22.3 Å². The van der Waals surface area contributed by atoms with Crippen LogP contribution >= 0.6 is 11.3 Å². The Morgan fingerprint density at radius 3 is 2.63 bits per heavy atom. The molecule has 1 aliphatic heterocycles. The van der Waals surface area contributed by atoms with E-state index in [-0.39, 0.29) is 12.1 Å². The van der Waals surface area contributed by atoms with E-state index in [0.29, 0.717) is 25.1 Å². The first-order chi connectivity index (χ1) is 12.7. The number of hydrogen-bond donors (Lipinski definition) is 0. The number of methoxy groups -OCH3 is 1. The number of amides is 1. The molecule has 0 atom stereocenters. The zero-order chi connectivity index (χ0) is 19.8. The summed E-state index contributed by atoms with van der Waals surface area (Å²) in [5, 5.41) is 0.903. The van der Waals surface area contributed by atoms with Crippen molar-refractivity contribution in [2.24, 2.45) is 0 Å². The van der Waals surface area contributed by atoms with E-state index in [1.807, 2.05) is 39.8 Å². The van der Waals surface area contributed by atoms with Crippen LogP contribution in [0.4, 0.5) is 4.79 Å². The molecule has 0 saturated heterocycles. The Hall–Kier alpha value is -2.41. The van der Waals surface area contributed by atoms with Crippen molar-refractivity contribution < 1.29 is 19.1 Å². The number of carbonyl (C=O) groups excluding carboxylic acids is 2. The van der Waals surface area contributed by atoms with Crippen LogP contribution in [0.5, 0.6) is 0 Å². The topological polar surface area (TPSA) is 68.7 Å². The van der Waals surface area contributed by atoms with E-state index < -0.39 is 5.60 Å². The molecule has 144 valence electrons. The van der Waals surface area contributed by atoms with E-state index in [0.717, 1.165) is 26.7 Å². The van der Waals surface area contributed by atoms with Crippen molar-refractivity contribution in [1.29, 1.82) is 0 Å². The van der Waals surface area contributed by atoms with Gasteiger partial charge < -0.3 is 14.4 Å². The lowest BCUT2D eigenvalue weighted by Gasteiger charge is -2.29. The molecule has 0 radical (unpaired) electrons. The molecule has 1 aliphatic rings. The molecule has 0 unspecified atom stereocenters. The van der Waals surface area contributed by atoms with Crippen molar-refractivity contribution >= 4 is 23.4 Å². The minimum absolute atomic E-state index is 0.290. The number of aromatic nitrogens is 1. The van der Waals surface area contributed by atoms with Gasteiger partial charge in [0.25, 0.3) is 0 Å². The first-order valence-electron chi connectivity index (χ1n) is 8.84. The van der Waals surface area contributed by atoms with Crippen LogP contribution < -0.4 is 0 Å². The quantitative estimate of drug-likeness (QED) is 0.721. The van der Waals surface area contributed by atoms with Gasteiger partial charge in [0.15, 0.2) is 0 Å². The van der Waals surface area contributed by atoms with Crippen molar-refractivity contribution in [2.45, 2.75) is 46.3 Å². The maximum absolute atomic E-state index is 12.3. The largest absolute Gasteiger partial charge is 0.465 e. The highest BCUT2D eigenvalue weighted by Gasteiger charge is 2.28. The molecule has 3 rings (SSSR count). The number of benzene rings is 1. The van der Waals surface area contributed by atoms with E-state index in [1.165, 1.54) is 7.11 Å². The number of hydrogen-bond acceptors (Lipinski definition) is 6. The summed E-state index contributed by atoms with van der Waals surface area (Å²) >= 11 is 1.59. The molecule has 0 saturated carbocycles. The number of carbonyl (C=O) groups is 2. The fourth-order valence-electron chi connectivity index (χ4n) is 2.94. The van der Waals surface area contributed by atoms with Gasteiger partial charge in [0.05, 0.1) is 24.9 Å². The molecular formula is C20H24N2O4S. The van der Waals surface area contributed by atoms with Crippen LogP contribution in [0.25, 0.3) is 10.6 Å². The van der Waals surface area contributed by atoms with Crippen molar-refractivity contribution in [3.8, 4) is 10.6 Å². The SMILES string of the molecule is COC(=O)c1ccc(-c2nc3c(s2)CN(C(=O)OC(C)(C)C)CC3)c(C)c1. The van der Waals surface area contributed by atoms with Crippen LogP contribution in [-0.4, -0.2) is 41.2 Å². The molecule has 2 aromatic rings. The molecule has 0 aliphatic carbocycles. The molecule has 1 aromatic carbocycles. The Bertz CT molecular complexity index is 883. The zero-order valence-electron chi connectivity index (χ0n) is 16.3. The van der Waals surface area contributed by atoms with Crippen molar-refractivity contribution in [3.05, 3.63) is 39.9 Å². The summed E-state index contributed by atoms with van der Waals surface area (Å²) in [4.78, 5) is 31.6. The second-order valence-corrected chi connectivity index (χ2v) is 8.65. The summed E-state index contributed by atoms with van der Waals surface area (Å²) in [5.41, 5.74) is 3.01. The predicted octanol–water partition coefficient (Wildman–Crippen LogP) is 4.20. The number of esters is 1. The molecule has 7 heteroatoms. The second kappa shape index (κ2) is 7.31. The fourth-order valence-corrected chi connectivity index (χ4v) is 4.16. The van der Waals surface area contributed by atoms with Gasteiger partial charge in [-0.05, 0) is 45.4 Å². The summed E-state index contributed by atoms with van der Waals surface area (Å²) in [6.07, 6.45) is 0.423. The van der Waals surface area contributed by atoms with E-state index in [2.05, 4.69) is 0 Å². The molecule has 0 N–H and O–H groups in total. The lowest BCUT2D eigenvalue weighted by Crippen LogP contribution is -2.39.